The molecule has 0 unspecified atom stereocenters. The van der Waals surface area contributed by atoms with Crippen molar-refractivity contribution in [3.63, 3.8) is 0 Å². The van der Waals surface area contributed by atoms with Crippen LogP contribution in [0.15, 0.2) is 72.8 Å². The molecule has 0 radical (unpaired) electrons. The van der Waals surface area contributed by atoms with Crippen LogP contribution >= 0.6 is 23.2 Å². The zero-order valence-corrected chi connectivity index (χ0v) is 16.8. The Kier molecular flexibility index (Phi) is 7.11. The number of para-hydroxylation sites is 1. The van der Waals surface area contributed by atoms with E-state index >= 15 is 0 Å². The number of amides is 2. The standard InChI is InChI=1S/C22H18Cl2N2O3/c23-16-6-4-5-15(11-16)13-25-21(27)14-29-20-10-9-17(24)12-19(20)22(28)26-18-7-2-1-3-8-18/h1-12H,13-14H2,(H,25,27)(H,26,28). The maximum atomic E-state index is 12.6. The van der Waals surface area contributed by atoms with Crippen molar-refractivity contribution in [2.24, 2.45) is 0 Å². The van der Waals surface area contributed by atoms with E-state index in [-0.39, 0.29) is 29.7 Å². The maximum Gasteiger partial charge on any atom is 0.259 e. The molecule has 0 fully saturated rings. The third-order valence-electron chi connectivity index (χ3n) is 3.96. The molecule has 148 valence electrons. The molecule has 0 aliphatic carbocycles. The summed E-state index contributed by atoms with van der Waals surface area (Å²) >= 11 is 12.0. The van der Waals surface area contributed by atoms with Gasteiger partial charge in [-0.3, -0.25) is 9.59 Å². The first kappa shape index (κ1) is 20.7. The van der Waals surface area contributed by atoms with Crippen molar-refractivity contribution in [3.8, 4) is 5.75 Å². The molecule has 3 aromatic carbocycles. The Bertz CT molecular complexity index is 1010. The van der Waals surface area contributed by atoms with Gasteiger partial charge in [-0.1, -0.05) is 53.5 Å². The molecule has 0 aliphatic rings. The second-order valence-electron chi connectivity index (χ2n) is 6.16. The van der Waals surface area contributed by atoms with Crippen molar-refractivity contribution >= 4 is 40.7 Å². The predicted molar refractivity (Wildman–Crippen MR) is 115 cm³/mol. The molecule has 5 nitrogen and oxygen atoms in total. The van der Waals surface area contributed by atoms with Crippen molar-refractivity contribution in [1.29, 1.82) is 0 Å². The van der Waals surface area contributed by atoms with Crippen molar-refractivity contribution in [1.82, 2.24) is 5.32 Å². The van der Waals surface area contributed by atoms with Crippen LogP contribution in [-0.2, 0) is 11.3 Å². The Hall–Kier alpha value is -3.02. The molecule has 2 amide bonds. The fourth-order valence-corrected chi connectivity index (χ4v) is 2.95. The van der Waals surface area contributed by atoms with Crippen LogP contribution in [-0.4, -0.2) is 18.4 Å². The molecule has 3 rings (SSSR count). The highest BCUT2D eigenvalue weighted by molar-refractivity contribution is 6.31. The minimum absolute atomic E-state index is 0.240. The summed E-state index contributed by atoms with van der Waals surface area (Å²) in [5.74, 6) is -0.442. The fourth-order valence-electron chi connectivity index (χ4n) is 2.57. The highest BCUT2D eigenvalue weighted by Crippen LogP contribution is 2.24. The SMILES string of the molecule is O=C(COc1ccc(Cl)cc1C(=O)Nc1ccccc1)NCc1cccc(Cl)c1. The molecule has 2 N–H and O–H groups in total. The van der Waals surface area contributed by atoms with Gasteiger partial charge >= 0.3 is 0 Å². The molecule has 7 heteroatoms. The van der Waals surface area contributed by atoms with Gasteiger partial charge in [0.1, 0.15) is 5.75 Å². The summed E-state index contributed by atoms with van der Waals surface area (Å²) in [5, 5.41) is 6.51. The molecule has 0 spiro atoms. The lowest BCUT2D eigenvalue weighted by atomic mass is 10.2. The van der Waals surface area contributed by atoms with Gasteiger partial charge in [0.2, 0.25) is 0 Å². The largest absolute Gasteiger partial charge is 0.483 e. The normalized spacial score (nSPS) is 10.3. The molecule has 0 heterocycles. The Balaban J connectivity index is 1.61. The minimum atomic E-state index is -0.381. The van der Waals surface area contributed by atoms with Crippen LogP contribution in [0.25, 0.3) is 0 Å². The number of hydrogen-bond acceptors (Lipinski definition) is 3. The van der Waals surface area contributed by atoms with Crippen molar-refractivity contribution in [3.05, 3.63) is 94.0 Å². The molecule has 0 aromatic heterocycles. The van der Waals surface area contributed by atoms with Crippen molar-refractivity contribution in [2.45, 2.75) is 6.54 Å². The van der Waals surface area contributed by atoms with Crippen LogP contribution in [0.5, 0.6) is 5.75 Å². The first-order valence-electron chi connectivity index (χ1n) is 8.81. The molecule has 0 bridgehead atoms. The third-order valence-corrected chi connectivity index (χ3v) is 4.43. The number of hydrogen-bond donors (Lipinski definition) is 2. The Morgan fingerprint density at radius 1 is 0.862 bits per heavy atom. The van der Waals surface area contributed by atoms with Gasteiger partial charge in [-0.25, -0.2) is 0 Å². The van der Waals surface area contributed by atoms with Gasteiger partial charge in [0, 0.05) is 22.3 Å². The van der Waals surface area contributed by atoms with E-state index < -0.39 is 0 Å². The lowest BCUT2D eigenvalue weighted by Crippen LogP contribution is -2.28. The fraction of sp³-hybridized carbons (Fsp3) is 0.0909. The van der Waals surface area contributed by atoms with Gasteiger partial charge in [0.05, 0.1) is 5.56 Å². The molecule has 0 saturated heterocycles. The number of ether oxygens (including phenoxy) is 1. The maximum absolute atomic E-state index is 12.6. The number of halogens is 2. The van der Waals surface area contributed by atoms with Crippen LogP contribution in [0.2, 0.25) is 10.0 Å². The van der Waals surface area contributed by atoms with Crippen molar-refractivity contribution in [2.75, 3.05) is 11.9 Å². The lowest BCUT2D eigenvalue weighted by Gasteiger charge is -2.12. The monoisotopic (exact) mass is 428 g/mol. The van der Waals surface area contributed by atoms with Crippen molar-refractivity contribution < 1.29 is 14.3 Å². The van der Waals surface area contributed by atoms with E-state index in [0.717, 1.165) is 5.56 Å². The summed E-state index contributed by atoms with van der Waals surface area (Å²) in [5.41, 5.74) is 1.76. The predicted octanol–water partition coefficient (Wildman–Crippen LogP) is 4.94. The number of carbonyl (C=O) groups is 2. The molecule has 0 saturated carbocycles. The Morgan fingerprint density at radius 3 is 2.38 bits per heavy atom. The van der Waals surface area contributed by atoms with E-state index in [9.17, 15) is 9.59 Å². The quantitative estimate of drug-likeness (QED) is 0.559. The number of carbonyl (C=O) groups excluding carboxylic acids is 2. The van der Waals surface area contributed by atoms with Gasteiger partial charge in [-0.05, 0) is 48.0 Å². The van der Waals surface area contributed by atoms with Crippen LogP contribution in [0.3, 0.4) is 0 Å². The minimum Gasteiger partial charge on any atom is -0.483 e. The van der Waals surface area contributed by atoms with E-state index in [0.29, 0.717) is 22.3 Å². The zero-order valence-electron chi connectivity index (χ0n) is 15.3. The van der Waals surface area contributed by atoms with Crippen LogP contribution in [0.1, 0.15) is 15.9 Å². The van der Waals surface area contributed by atoms with Gasteiger partial charge < -0.3 is 15.4 Å². The molecular formula is C22H18Cl2N2O3. The Morgan fingerprint density at radius 2 is 1.62 bits per heavy atom. The van der Waals surface area contributed by atoms with Gasteiger partial charge in [0.25, 0.3) is 11.8 Å². The first-order valence-corrected chi connectivity index (χ1v) is 9.57. The van der Waals surface area contributed by atoms with E-state index in [1.54, 1.807) is 36.4 Å². The summed E-state index contributed by atoms with van der Waals surface area (Å²) in [7, 11) is 0. The average molecular weight is 429 g/mol. The molecular weight excluding hydrogens is 411 g/mol. The van der Waals surface area contributed by atoms with Gasteiger partial charge in [-0.15, -0.1) is 0 Å². The highest BCUT2D eigenvalue weighted by atomic mass is 35.5. The topological polar surface area (TPSA) is 67.4 Å². The third kappa shape index (κ3) is 6.24. The van der Waals surface area contributed by atoms with E-state index in [2.05, 4.69) is 10.6 Å². The average Bonchev–Trinajstić information content (AvgIpc) is 2.72. The van der Waals surface area contributed by atoms with Crippen LogP contribution < -0.4 is 15.4 Å². The summed E-state index contributed by atoms with van der Waals surface area (Å²) in [4.78, 5) is 24.7. The van der Waals surface area contributed by atoms with E-state index in [1.807, 2.05) is 30.3 Å². The number of rotatable bonds is 7. The molecule has 3 aromatic rings. The summed E-state index contributed by atoms with van der Waals surface area (Å²) in [6, 6.07) is 20.9. The van der Waals surface area contributed by atoms with Crippen LogP contribution in [0.4, 0.5) is 5.69 Å². The molecule has 29 heavy (non-hydrogen) atoms. The van der Waals surface area contributed by atoms with E-state index in [1.165, 1.54) is 6.07 Å². The number of benzene rings is 3. The van der Waals surface area contributed by atoms with Crippen LogP contribution in [0, 0.1) is 0 Å². The lowest BCUT2D eigenvalue weighted by molar-refractivity contribution is -0.123. The summed E-state index contributed by atoms with van der Waals surface area (Å²) in [6.07, 6.45) is 0. The summed E-state index contributed by atoms with van der Waals surface area (Å²) in [6.45, 7) is 0.0819. The number of anilines is 1. The smallest absolute Gasteiger partial charge is 0.259 e. The first-order chi connectivity index (χ1) is 14.0. The van der Waals surface area contributed by atoms with E-state index in [4.69, 9.17) is 27.9 Å². The second-order valence-corrected chi connectivity index (χ2v) is 7.03. The summed E-state index contributed by atoms with van der Waals surface area (Å²) < 4.78 is 5.57. The zero-order chi connectivity index (χ0) is 20.6. The molecule has 0 atom stereocenters. The van der Waals surface area contributed by atoms with Gasteiger partial charge in [0.15, 0.2) is 6.61 Å². The number of nitrogens with one attached hydrogen (secondary N) is 2. The Labute approximate surface area is 178 Å². The second kappa shape index (κ2) is 9.96. The van der Waals surface area contributed by atoms with Gasteiger partial charge in [-0.2, -0.15) is 0 Å². The highest BCUT2D eigenvalue weighted by Gasteiger charge is 2.15. The molecule has 0 aliphatic heterocycles.